The van der Waals surface area contributed by atoms with E-state index in [0.29, 0.717) is 17.9 Å². The monoisotopic (exact) mass is 492 g/mol. The van der Waals surface area contributed by atoms with Crippen LogP contribution in [0.4, 0.5) is 0 Å². The summed E-state index contributed by atoms with van der Waals surface area (Å²) in [4.78, 5) is 37.9. The van der Waals surface area contributed by atoms with Gasteiger partial charge in [0, 0.05) is 45.6 Å². The predicted octanol–water partition coefficient (Wildman–Crippen LogP) is 7.07. The molecular weight excluding hydrogens is 464 g/mol. The first-order valence-corrected chi connectivity index (χ1v) is 13.0. The highest BCUT2D eigenvalue weighted by Crippen LogP contribution is 2.52. The summed E-state index contributed by atoms with van der Waals surface area (Å²) in [6.45, 7) is 8.54. The van der Waals surface area contributed by atoms with E-state index in [1.807, 2.05) is 24.3 Å². The van der Waals surface area contributed by atoms with E-state index in [2.05, 4.69) is 38.7 Å². The maximum Gasteiger partial charge on any atom is 0.168 e. The summed E-state index contributed by atoms with van der Waals surface area (Å²) in [6.07, 6.45) is 6.11. The number of allylic oxidation sites excluding steroid dienone is 2. The minimum Gasteiger partial charge on any atom is -0.299 e. The Balaban J connectivity index is 1.51. The fourth-order valence-corrected chi connectivity index (χ4v) is 6.84. The standard InChI is InChI=1S/C28H29ClN2O2S/c1-27(2)13-21-18(23(32)15-27)12-19-22(31-21)14-28(3,4)25(26(19)33)16-5-6-20(29)24(11-16)34-17-7-9-30-10-8-17/h5-11,18,25H,12-15H2,1-4H3. The molecule has 5 rings (SSSR count). The van der Waals surface area contributed by atoms with Crippen molar-refractivity contribution in [1.82, 2.24) is 4.98 Å². The number of benzene rings is 1. The molecule has 1 saturated carbocycles. The number of pyridine rings is 1. The normalized spacial score (nSPS) is 25.5. The summed E-state index contributed by atoms with van der Waals surface area (Å²) < 4.78 is 0. The number of Topliss-reactive ketones (excluding diaryl/α,β-unsaturated/α-hetero) is 2. The Kier molecular flexibility index (Phi) is 5.84. The van der Waals surface area contributed by atoms with Gasteiger partial charge < -0.3 is 0 Å². The van der Waals surface area contributed by atoms with Crippen LogP contribution in [-0.2, 0) is 9.59 Å². The number of hydrogen-bond acceptors (Lipinski definition) is 5. The molecule has 0 radical (unpaired) electrons. The quantitative estimate of drug-likeness (QED) is 0.459. The summed E-state index contributed by atoms with van der Waals surface area (Å²) in [5.41, 5.74) is 3.23. The van der Waals surface area contributed by atoms with E-state index < -0.39 is 0 Å². The number of fused-ring (bicyclic) bond motifs is 1. The van der Waals surface area contributed by atoms with Gasteiger partial charge in [-0.1, -0.05) is 57.1 Å². The van der Waals surface area contributed by atoms with E-state index >= 15 is 0 Å². The number of rotatable bonds is 3. The van der Waals surface area contributed by atoms with Gasteiger partial charge in [0.2, 0.25) is 0 Å². The van der Waals surface area contributed by atoms with E-state index in [-0.39, 0.29) is 34.2 Å². The smallest absolute Gasteiger partial charge is 0.168 e. The Morgan fingerprint density at radius 2 is 1.74 bits per heavy atom. The first kappa shape index (κ1) is 23.5. The Morgan fingerprint density at radius 3 is 2.47 bits per heavy atom. The average Bonchev–Trinajstić information content (AvgIpc) is 2.74. The van der Waals surface area contributed by atoms with E-state index in [1.54, 1.807) is 24.2 Å². The number of nitrogens with zero attached hydrogens (tertiary/aromatic N) is 2. The van der Waals surface area contributed by atoms with Crippen molar-refractivity contribution < 1.29 is 9.59 Å². The Morgan fingerprint density at radius 1 is 1.00 bits per heavy atom. The van der Waals surface area contributed by atoms with Gasteiger partial charge in [0.15, 0.2) is 5.78 Å². The lowest BCUT2D eigenvalue weighted by atomic mass is 9.61. The maximum absolute atomic E-state index is 14.0. The minimum atomic E-state index is -0.299. The summed E-state index contributed by atoms with van der Waals surface area (Å²) >= 11 is 8.10. The van der Waals surface area contributed by atoms with Crippen LogP contribution in [0, 0.1) is 16.7 Å². The number of aromatic nitrogens is 1. The number of carbonyl (C=O) groups is 2. The lowest BCUT2D eigenvalue weighted by molar-refractivity contribution is -0.124. The van der Waals surface area contributed by atoms with Crippen LogP contribution >= 0.6 is 23.4 Å². The number of aliphatic imine (C=N–C) groups is 1. The lowest BCUT2D eigenvalue weighted by Crippen LogP contribution is -2.43. The third-order valence-corrected chi connectivity index (χ3v) is 8.78. The van der Waals surface area contributed by atoms with Crippen LogP contribution < -0.4 is 0 Å². The van der Waals surface area contributed by atoms with Crippen LogP contribution in [0.3, 0.4) is 0 Å². The molecule has 2 heterocycles. The van der Waals surface area contributed by atoms with E-state index in [1.165, 1.54) is 0 Å². The molecule has 176 valence electrons. The number of hydrogen-bond donors (Lipinski definition) is 0. The summed E-state index contributed by atoms with van der Waals surface area (Å²) in [7, 11) is 0. The van der Waals surface area contributed by atoms with Crippen LogP contribution in [-0.4, -0.2) is 22.3 Å². The minimum absolute atomic E-state index is 0.0621. The third kappa shape index (κ3) is 4.29. The molecule has 1 aromatic heterocycles. The molecule has 0 spiro atoms. The lowest BCUT2D eigenvalue weighted by Gasteiger charge is -2.43. The van der Waals surface area contributed by atoms with Gasteiger partial charge in [-0.15, -0.1) is 0 Å². The predicted molar refractivity (Wildman–Crippen MR) is 137 cm³/mol. The highest BCUT2D eigenvalue weighted by molar-refractivity contribution is 7.99. The van der Waals surface area contributed by atoms with Crippen molar-refractivity contribution in [3.05, 3.63) is 64.6 Å². The van der Waals surface area contributed by atoms with Crippen LogP contribution in [0.1, 0.15) is 64.9 Å². The van der Waals surface area contributed by atoms with E-state index in [0.717, 1.165) is 45.2 Å². The largest absolute Gasteiger partial charge is 0.299 e. The van der Waals surface area contributed by atoms with Gasteiger partial charge in [0.25, 0.3) is 0 Å². The molecule has 1 aliphatic heterocycles. The molecule has 2 unspecified atom stereocenters. The molecule has 0 N–H and O–H groups in total. The van der Waals surface area contributed by atoms with Crippen molar-refractivity contribution >= 4 is 40.6 Å². The number of carbonyl (C=O) groups excluding carboxylic acids is 2. The van der Waals surface area contributed by atoms with Crippen LogP contribution in [0.25, 0.3) is 0 Å². The van der Waals surface area contributed by atoms with Crippen molar-refractivity contribution in [3.8, 4) is 0 Å². The Bertz CT molecular complexity index is 1250. The fourth-order valence-electron chi connectivity index (χ4n) is 5.73. The van der Waals surface area contributed by atoms with Gasteiger partial charge in [-0.3, -0.25) is 19.6 Å². The first-order chi connectivity index (χ1) is 16.0. The van der Waals surface area contributed by atoms with Crippen molar-refractivity contribution in [2.24, 2.45) is 21.7 Å². The molecule has 4 nitrogen and oxygen atoms in total. The van der Waals surface area contributed by atoms with E-state index in [4.69, 9.17) is 16.6 Å². The van der Waals surface area contributed by atoms with Gasteiger partial charge in [-0.05, 0) is 59.9 Å². The molecule has 0 amide bonds. The van der Waals surface area contributed by atoms with Crippen molar-refractivity contribution in [2.75, 3.05) is 0 Å². The fraction of sp³-hybridized carbons (Fsp3) is 0.429. The van der Waals surface area contributed by atoms with Gasteiger partial charge in [-0.25, -0.2) is 0 Å². The van der Waals surface area contributed by atoms with Crippen molar-refractivity contribution in [1.29, 1.82) is 0 Å². The second-order valence-electron chi connectivity index (χ2n) is 11.2. The average molecular weight is 493 g/mol. The molecule has 34 heavy (non-hydrogen) atoms. The van der Waals surface area contributed by atoms with Crippen LogP contribution in [0.15, 0.2) is 68.8 Å². The SMILES string of the molecule is CC1(C)CC(=O)C2CC3=C(CC(C)(C)C(c4ccc(Cl)c(Sc5ccncc5)c4)C3=O)N=C2C1. The molecule has 2 aromatic rings. The number of ketones is 2. The summed E-state index contributed by atoms with van der Waals surface area (Å²) in [5.74, 6) is -0.208. The van der Waals surface area contributed by atoms with Gasteiger partial charge in [-0.2, -0.15) is 0 Å². The summed E-state index contributed by atoms with van der Waals surface area (Å²) in [6, 6.07) is 9.80. The molecule has 3 aliphatic rings. The van der Waals surface area contributed by atoms with Gasteiger partial charge in [0.1, 0.15) is 5.78 Å². The molecule has 6 heteroatoms. The third-order valence-electron chi connectivity index (χ3n) is 7.27. The van der Waals surface area contributed by atoms with Crippen LogP contribution in [0.2, 0.25) is 5.02 Å². The zero-order valence-corrected chi connectivity index (χ0v) is 21.6. The van der Waals surface area contributed by atoms with Gasteiger partial charge in [0.05, 0.1) is 16.9 Å². The zero-order valence-electron chi connectivity index (χ0n) is 20.0. The molecular formula is C28H29ClN2O2S. The second kappa shape index (κ2) is 8.46. The number of halogens is 1. The molecule has 0 bridgehead atoms. The van der Waals surface area contributed by atoms with Gasteiger partial charge >= 0.3 is 0 Å². The van der Waals surface area contributed by atoms with Crippen molar-refractivity contribution in [2.45, 2.75) is 69.1 Å². The summed E-state index contributed by atoms with van der Waals surface area (Å²) in [5, 5.41) is 0.661. The highest BCUT2D eigenvalue weighted by atomic mass is 35.5. The first-order valence-electron chi connectivity index (χ1n) is 11.8. The highest BCUT2D eigenvalue weighted by Gasteiger charge is 2.48. The van der Waals surface area contributed by atoms with Crippen molar-refractivity contribution in [3.63, 3.8) is 0 Å². The molecule has 1 aromatic carbocycles. The topological polar surface area (TPSA) is 59.4 Å². The molecule has 0 saturated heterocycles. The Labute approximate surface area is 210 Å². The zero-order chi connectivity index (χ0) is 24.3. The molecule has 1 fully saturated rings. The van der Waals surface area contributed by atoms with Crippen LogP contribution in [0.5, 0.6) is 0 Å². The maximum atomic E-state index is 14.0. The second-order valence-corrected chi connectivity index (χ2v) is 12.7. The molecule has 2 aliphatic carbocycles. The molecule has 2 atom stereocenters. The Hall–Kier alpha value is -2.24. The van der Waals surface area contributed by atoms with E-state index in [9.17, 15) is 9.59 Å².